The molecule has 0 aromatic heterocycles. The van der Waals surface area contributed by atoms with E-state index in [1.54, 1.807) is 36.4 Å². The third-order valence-corrected chi connectivity index (χ3v) is 3.94. The van der Waals surface area contributed by atoms with Crippen molar-refractivity contribution < 1.29 is 9.59 Å². The number of hydrogen-bond donors (Lipinski definition) is 2. The van der Waals surface area contributed by atoms with Crippen LogP contribution >= 0.6 is 27.5 Å². The van der Waals surface area contributed by atoms with Gasteiger partial charge in [0.15, 0.2) is 0 Å². The highest BCUT2D eigenvalue weighted by atomic mass is 79.9. The van der Waals surface area contributed by atoms with Crippen LogP contribution in [0.2, 0.25) is 5.02 Å². The molecule has 0 radical (unpaired) electrons. The predicted octanol–water partition coefficient (Wildman–Crippen LogP) is 3.49. The normalized spacial score (nSPS) is 10.0. The zero-order valence-corrected chi connectivity index (χ0v) is 13.5. The third-order valence-electron chi connectivity index (χ3n) is 2.83. The van der Waals surface area contributed by atoms with Crippen molar-refractivity contribution in [2.45, 2.75) is 6.92 Å². The highest BCUT2D eigenvalue weighted by Crippen LogP contribution is 2.17. The molecule has 0 aliphatic heterocycles. The summed E-state index contributed by atoms with van der Waals surface area (Å²) in [5.74, 6) is -0.802. The van der Waals surface area contributed by atoms with Crippen LogP contribution in [-0.2, 0) is 0 Å². The van der Waals surface area contributed by atoms with Gasteiger partial charge in [-0.3, -0.25) is 20.4 Å². The van der Waals surface area contributed by atoms with Crippen molar-refractivity contribution in [3.63, 3.8) is 0 Å². The van der Waals surface area contributed by atoms with Crippen molar-refractivity contribution in [3.8, 4) is 0 Å². The van der Waals surface area contributed by atoms with Gasteiger partial charge in [-0.25, -0.2) is 0 Å². The van der Waals surface area contributed by atoms with Crippen LogP contribution in [0.25, 0.3) is 0 Å². The molecule has 21 heavy (non-hydrogen) atoms. The number of amides is 2. The lowest BCUT2D eigenvalue weighted by molar-refractivity contribution is 0.0846. The van der Waals surface area contributed by atoms with Gasteiger partial charge in [0.25, 0.3) is 11.8 Å². The molecule has 2 rings (SSSR count). The number of hydrazine groups is 1. The summed E-state index contributed by atoms with van der Waals surface area (Å²) < 4.78 is 0.833. The van der Waals surface area contributed by atoms with Gasteiger partial charge in [-0.05, 0) is 48.9 Å². The molecular weight excluding hydrogens is 356 g/mol. The Morgan fingerprint density at radius 3 is 2.05 bits per heavy atom. The monoisotopic (exact) mass is 366 g/mol. The van der Waals surface area contributed by atoms with E-state index in [-0.39, 0.29) is 0 Å². The zero-order chi connectivity index (χ0) is 15.4. The molecule has 2 N–H and O–H groups in total. The minimum absolute atomic E-state index is 0.391. The van der Waals surface area contributed by atoms with E-state index in [2.05, 4.69) is 26.8 Å². The molecule has 0 aliphatic carbocycles. The second-order valence-corrected chi connectivity index (χ2v) is 5.67. The zero-order valence-electron chi connectivity index (χ0n) is 11.1. The van der Waals surface area contributed by atoms with Gasteiger partial charge in [-0.15, -0.1) is 0 Å². The summed E-state index contributed by atoms with van der Waals surface area (Å²) in [4.78, 5) is 23.8. The van der Waals surface area contributed by atoms with Gasteiger partial charge in [0.05, 0.1) is 0 Å². The highest BCUT2D eigenvalue weighted by molar-refractivity contribution is 9.10. The largest absolute Gasteiger partial charge is 0.269 e. The molecule has 0 bridgehead atoms. The first-order chi connectivity index (χ1) is 9.97. The summed E-state index contributed by atoms with van der Waals surface area (Å²) in [6, 6.07) is 11.6. The van der Waals surface area contributed by atoms with E-state index >= 15 is 0 Å². The number of halogens is 2. The Balaban J connectivity index is 1.98. The maximum Gasteiger partial charge on any atom is 0.269 e. The van der Waals surface area contributed by atoms with E-state index in [0.29, 0.717) is 16.1 Å². The van der Waals surface area contributed by atoms with Crippen LogP contribution in [0.15, 0.2) is 46.9 Å². The summed E-state index contributed by atoms with van der Waals surface area (Å²) in [7, 11) is 0. The van der Waals surface area contributed by atoms with E-state index in [1.165, 1.54) is 0 Å². The molecule has 0 aliphatic rings. The van der Waals surface area contributed by atoms with E-state index in [0.717, 1.165) is 10.0 Å². The lowest BCUT2D eigenvalue weighted by Gasteiger charge is -2.08. The minimum atomic E-state index is -0.411. The fourth-order valence-electron chi connectivity index (χ4n) is 1.59. The fourth-order valence-corrected chi connectivity index (χ4v) is 2.10. The molecule has 0 saturated carbocycles. The Morgan fingerprint density at radius 2 is 1.48 bits per heavy atom. The Bertz CT molecular complexity index is 687. The quantitative estimate of drug-likeness (QED) is 0.798. The van der Waals surface area contributed by atoms with Crippen LogP contribution in [0, 0.1) is 6.92 Å². The van der Waals surface area contributed by atoms with Crippen LogP contribution in [0.3, 0.4) is 0 Å². The van der Waals surface area contributed by atoms with Crippen LogP contribution in [-0.4, -0.2) is 11.8 Å². The van der Waals surface area contributed by atoms with Crippen molar-refractivity contribution in [1.29, 1.82) is 0 Å². The van der Waals surface area contributed by atoms with Crippen LogP contribution < -0.4 is 10.9 Å². The number of carbonyl (C=O) groups excluding carboxylic acids is 2. The molecular formula is C15H12BrClN2O2. The first-order valence-corrected chi connectivity index (χ1v) is 7.27. The van der Waals surface area contributed by atoms with Crippen LogP contribution in [0.5, 0.6) is 0 Å². The third kappa shape index (κ3) is 4.06. The standard InChI is InChI=1S/C15H12BrClN2O2/c1-9-2-3-11(8-13(9)16)15(21)19-18-14(20)10-4-6-12(17)7-5-10/h2-8H,1H3,(H,18,20)(H,19,21). The smallest absolute Gasteiger partial charge is 0.267 e. The van der Waals surface area contributed by atoms with Gasteiger partial charge < -0.3 is 0 Å². The van der Waals surface area contributed by atoms with Crippen LogP contribution in [0.1, 0.15) is 26.3 Å². The van der Waals surface area contributed by atoms with Gasteiger partial charge in [-0.2, -0.15) is 0 Å². The van der Waals surface area contributed by atoms with Crippen molar-refractivity contribution in [3.05, 3.63) is 68.7 Å². The second-order valence-electron chi connectivity index (χ2n) is 4.38. The molecule has 0 spiro atoms. The van der Waals surface area contributed by atoms with Gasteiger partial charge in [0.1, 0.15) is 0 Å². The first-order valence-electron chi connectivity index (χ1n) is 6.10. The number of carbonyl (C=O) groups is 2. The summed E-state index contributed by atoms with van der Waals surface area (Å²) >= 11 is 9.10. The van der Waals surface area contributed by atoms with Gasteiger partial charge in [0, 0.05) is 20.6 Å². The summed E-state index contributed by atoms with van der Waals surface area (Å²) in [5, 5.41) is 0.542. The Hall–Kier alpha value is -1.85. The van der Waals surface area contributed by atoms with Crippen molar-refractivity contribution in [1.82, 2.24) is 10.9 Å². The van der Waals surface area contributed by atoms with E-state index in [4.69, 9.17) is 11.6 Å². The molecule has 2 amide bonds. The average molecular weight is 368 g/mol. The number of aryl methyl sites for hydroxylation is 1. The molecule has 6 heteroatoms. The molecule has 0 unspecified atom stereocenters. The van der Waals surface area contributed by atoms with Gasteiger partial charge in [0.2, 0.25) is 0 Å². The van der Waals surface area contributed by atoms with Crippen LogP contribution in [0.4, 0.5) is 0 Å². The van der Waals surface area contributed by atoms with Gasteiger partial charge >= 0.3 is 0 Å². The maximum absolute atomic E-state index is 11.9. The molecule has 0 heterocycles. The summed E-state index contributed by atoms with van der Waals surface area (Å²) in [6.45, 7) is 1.92. The van der Waals surface area contributed by atoms with Crippen molar-refractivity contribution >= 4 is 39.3 Å². The topological polar surface area (TPSA) is 58.2 Å². The van der Waals surface area contributed by atoms with E-state index < -0.39 is 11.8 Å². The lowest BCUT2D eigenvalue weighted by Crippen LogP contribution is -2.41. The molecule has 2 aromatic carbocycles. The number of benzene rings is 2. The molecule has 108 valence electrons. The molecule has 0 saturated heterocycles. The predicted molar refractivity (Wildman–Crippen MR) is 85.3 cm³/mol. The van der Waals surface area contributed by atoms with E-state index in [9.17, 15) is 9.59 Å². The number of rotatable bonds is 2. The SMILES string of the molecule is Cc1ccc(C(=O)NNC(=O)c2ccc(Cl)cc2)cc1Br. The van der Waals surface area contributed by atoms with Crippen molar-refractivity contribution in [2.75, 3.05) is 0 Å². The molecule has 4 nitrogen and oxygen atoms in total. The Kier molecular flexibility index (Phi) is 4.98. The fraction of sp³-hybridized carbons (Fsp3) is 0.0667. The van der Waals surface area contributed by atoms with E-state index in [1.807, 2.05) is 13.0 Å². The summed E-state index contributed by atoms with van der Waals surface area (Å²) in [5.41, 5.74) is 6.60. The average Bonchev–Trinajstić information content (AvgIpc) is 2.48. The maximum atomic E-state index is 11.9. The van der Waals surface area contributed by atoms with Crippen molar-refractivity contribution in [2.24, 2.45) is 0 Å². The first kappa shape index (κ1) is 15.5. The minimum Gasteiger partial charge on any atom is -0.267 e. The number of hydrogen-bond acceptors (Lipinski definition) is 2. The number of nitrogens with one attached hydrogen (secondary N) is 2. The summed E-state index contributed by atoms with van der Waals surface area (Å²) in [6.07, 6.45) is 0. The Morgan fingerprint density at radius 1 is 0.952 bits per heavy atom. The highest BCUT2D eigenvalue weighted by Gasteiger charge is 2.10. The van der Waals surface area contributed by atoms with Gasteiger partial charge in [-0.1, -0.05) is 33.6 Å². The molecule has 0 fully saturated rings. The second kappa shape index (κ2) is 6.74. The lowest BCUT2D eigenvalue weighted by atomic mass is 10.1. The molecule has 0 atom stereocenters. The molecule has 2 aromatic rings. The Labute approximate surface area is 135 Å².